The molecule has 3 aromatic rings. The molecule has 2 aliphatic rings. The first-order valence-electron chi connectivity index (χ1n) is 9.77. The zero-order valence-corrected chi connectivity index (χ0v) is 17.1. The van der Waals surface area contributed by atoms with Crippen molar-refractivity contribution in [3.05, 3.63) is 89.2 Å². The minimum atomic E-state index is -3.83. The summed E-state index contributed by atoms with van der Waals surface area (Å²) in [5.74, 6) is 0.692. The van der Waals surface area contributed by atoms with Crippen LogP contribution in [0.4, 0.5) is 5.69 Å². The van der Waals surface area contributed by atoms with E-state index in [0.717, 1.165) is 35.3 Å². The van der Waals surface area contributed by atoms with E-state index in [1.165, 1.54) is 5.56 Å². The summed E-state index contributed by atoms with van der Waals surface area (Å²) in [5, 5.41) is 9.74. The third kappa shape index (κ3) is 3.03. The Bertz CT molecular complexity index is 1280. The number of sulfonamides is 1. The molecule has 0 amide bonds. The van der Waals surface area contributed by atoms with Crippen molar-refractivity contribution in [3.63, 3.8) is 0 Å². The molecule has 0 aliphatic carbocycles. The molecule has 7 heteroatoms. The summed E-state index contributed by atoms with van der Waals surface area (Å²) in [6.45, 7) is 1.45. The Hall–Kier alpha value is -3.29. The van der Waals surface area contributed by atoms with Gasteiger partial charge in [0.05, 0.1) is 17.1 Å². The van der Waals surface area contributed by atoms with Crippen LogP contribution in [0, 0.1) is 0 Å². The molecular weight excluding hydrogens is 396 g/mol. The second-order valence-electron chi connectivity index (χ2n) is 7.54. The van der Waals surface area contributed by atoms with E-state index >= 15 is 0 Å². The minimum absolute atomic E-state index is 0.142. The van der Waals surface area contributed by atoms with Gasteiger partial charge < -0.3 is 5.73 Å². The van der Waals surface area contributed by atoms with E-state index < -0.39 is 10.0 Å². The Kier molecular flexibility index (Phi) is 4.30. The molecule has 0 saturated carbocycles. The number of hydrogen-bond acceptors (Lipinski definition) is 5. The highest BCUT2D eigenvalue weighted by Crippen LogP contribution is 2.40. The molecule has 2 heterocycles. The Morgan fingerprint density at radius 1 is 0.833 bits per heavy atom. The van der Waals surface area contributed by atoms with Gasteiger partial charge in [0.1, 0.15) is 5.82 Å². The molecular formula is C23H22N4O2S. The van der Waals surface area contributed by atoms with Crippen LogP contribution in [-0.4, -0.2) is 20.0 Å². The number of nitrogens with zero attached hydrogens (tertiary/aromatic N) is 2. The number of benzene rings is 3. The van der Waals surface area contributed by atoms with Crippen molar-refractivity contribution in [2.75, 3.05) is 11.6 Å². The molecule has 0 atom stereocenters. The second-order valence-corrected chi connectivity index (χ2v) is 9.07. The van der Waals surface area contributed by atoms with Crippen LogP contribution in [0.3, 0.4) is 0 Å². The molecule has 3 aromatic carbocycles. The highest BCUT2D eigenvalue weighted by atomic mass is 32.2. The van der Waals surface area contributed by atoms with Crippen LogP contribution in [0.1, 0.15) is 16.7 Å². The number of anilines is 1. The van der Waals surface area contributed by atoms with E-state index in [1.54, 1.807) is 12.1 Å². The quantitative estimate of drug-likeness (QED) is 0.682. The van der Waals surface area contributed by atoms with E-state index in [1.807, 2.05) is 42.5 Å². The predicted molar refractivity (Wildman–Crippen MR) is 118 cm³/mol. The van der Waals surface area contributed by atoms with E-state index in [4.69, 9.17) is 10.9 Å². The SMILES string of the molecule is NC1=Cc2ccccc2CN1N1CCc2c(-c3ccccc3S(N)(=O)=O)cccc21. The summed E-state index contributed by atoms with van der Waals surface area (Å²) in [6, 6.07) is 21.1. The third-order valence-electron chi connectivity index (χ3n) is 5.75. The molecule has 0 radical (unpaired) electrons. The van der Waals surface area contributed by atoms with Crippen LogP contribution in [0.15, 0.2) is 77.4 Å². The lowest BCUT2D eigenvalue weighted by atomic mass is 9.98. The maximum atomic E-state index is 12.1. The first kappa shape index (κ1) is 18.7. The van der Waals surface area contributed by atoms with Crippen molar-refractivity contribution in [3.8, 4) is 11.1 Å². The zero-order chi connectivity index (χ0) is 20.9. The Labute approximate surface area is 176 Å². The van der Waals surface area contributed by atoms with Gasteiger partial charge in [-0.15, -0.1) is 0 Å². The van der Waals surface area contributed by atoms with Crippen molar-refractivity contribution in [1.29, 1.82) is 0 Å². The largest absolute Gasteiger partial charge is 0.384 e. The van der Waals surface area contributed by atoms with Crippen molar-refractivity contribution in [1.82, 2.24) is 5.01 Å². The molecule has 152 valence electrons. The Balaban J connectivity index is 1.58. The van der Waals surface area contributed by atoms with Crippen molar-refractivity contribution < 1.29 is 8.42 Å². The average Bonchev–Trinajstić information content (AvgIpc) is 3.16. The van der Waals surface area contributed by atoms with Crippen LogP contribution in [0.2, 0.25) is 0 Å². The van der Waals surface area contributed by atoms with E-state index in [2.05, 4.69) is 28.2 Å². The predicted octanol–water partition coefficient (Wildman–Crippen LogP) is 3.05. The monoisotopic (exact) mass is 418 g/mol. The number of fused-ring (bicyclic) bond motifs is 2. The normalized spacial score (nSPS) is 15.6. The Morgan fingerprint density at radius 2 is 1.57 bits per heavy atom. The summed E-state index contributed by atoms with van der Waals surface area (Å²) < 4.78 is 24.3. The zero-order valence-electron chi connectivity index (χ0n) is 16.3. The summed E-state index contributed by atoms with van der Waals surface area (Å²) in [7, 11) is -3.83. The molecule has 5 rings (SSSR count). The van der Waals surface area contributed by atoms with Crippen molar-refractivity contribution in [2.45, 2.75) is 17.9 Å². The molecule has 4 N–H and O–H groups in total. The number of rotatable bonds is 3. The fourth-order valence-corrected chi connectivity index (χ4v) is 5.14. The smallest absolute Gasteiger partial charge is 0.238 e. The van der Waals surface area contributed by atoms with Gasteiger partial charge in [-0.2, -0.15) is 0 Å². The Morgan fingerprint density at radius 3 is 2.40 bits per heavy atom. The van der Waals surface area contributed by atoms with Crippen molar-refractivity contribution in [2.24, 2.45) is 10.9 Å². The summed E-state index contributed by atoms with van der Waals surface area (Å²) in [5.41, 5.74) is 12.4. The van der Waals surface area contributed by atoms with Gasteiger partial charge in [-0.3, -0.25) is 10.0 Å². The van der Waals surface area contributed by atoms with Gasteiger partial charge in [0.15, 0.2) is 0 Å². The van der Waals surface area contributed by atoms with Gasteiger partial charge in [-0.05, 0) is 46.9 Å². The maximum Gasteiger partial charge on any atom is 0.238 e. The van der Waals surface area contributed by atoms with E-state index in [9.17, 15) is 8.42 Å². The highest BCUT2D eigenvalue weighted by Gasteiger charge is 2.30. The molecule has 6 nitrogen and oxygen atoms in total. The van der Waals surface area contributed by atoms with Crippen LogP contribution >= 0.6 is 0 Å². The molecule has 2 aliphatic heterocycles. The van der Waals surface area contributed by atoms with E-state index in [0.29, 0.717) is 17.9 Å². The van der Waals surface area contributed by atoms with Gasteiger partial charge in [0, 0.05) is 12.1 Å². The first-order valence-corrected chi connectivity index (χ1v) is 11.3. The molecule has 0 spiro atoms. The number of hydrogen-bond donors (Lipinski definition) is 2. The van der Waals surface area contributed by atoms with Gasteiger partial charge in [0.2, 0.25) is 10.0 Å². The maximum absolute atomic E-state index is 12.1. The molecule has 0 bridgehead atoms. The summed E-state index contributed by atoms with van der Waals surface area (Å²) in [4.78, 5) is 0.142. The molecule has 30 heavy (non-hydrogen) atoms. The second kappa shape index (κ2) is 6.90. The van der Waals surface area contributed by atoms with Gasteiger partial charge in [-0.25, -0.2) is 13.6 Å². The van der Waals surface area contributed by atoms with Gasteiger partial charge >= 0.3 is 0 Å². The fraction of sp³-hybridized carbons (Fsp3) is 0.130. The number of nitrogens with two attached hydrogens (primary N) is 2. The molecule has 0 aromatic heterocycles. The lowest BCUT2D eigenvalue weighted by molar-refractivity contribution is 0.309. The van der Waals surface area contributed by atoms with Crippen LogP contribution in [0.5, 0.6) is 0 Å². The summed E-state index contributed by atoms with van der Waals surface area (Å²) >= 11 is 0. The van der Waals surface area contributed by atoms with Crippen LogP contribution in [0.25, 0.3) is 17.2 Å². The molecule has 0 fully saturated rings. The number of primary sulfonamides is 1. The van der Waals surface area contributed by atoms with Gasteiger partial charge in [0.25, 0.3) is 0 Å². The number of hydrazine groups is 1. The lowest BCUT2D eigenvalue weighted by Crippen LogP contribution is -2.44. The topological polar surface area (TPSA) is 92.7 Å². The van der Waals surface area contributed by atoms with Gasteiger partial charge in [-0.1, -0.05) is 54.6 Å². The average molecular weight is 419 g/mol. The van der Waals surface area contributed by atoms with Crippen LogP contribution < -0.4 is 15.9 Å². The fourth-order valence-electron chi connectivity index (χ4n) is 4.39. The van der Waals surface area contributed by atoms with Crippen molar-refractivity contribution >= 4 is 21.8 Å². The minimum Gasteiger partial charge on any atom is -0.384 e. The summed E-state index contributed by atoms with van der Waals surface area (Å²) in [6.07, 6.45) is 2.78. The third-order valence-corrected chi connectivity index (χ3v) is 6.72. The highest BCUT2D eigenvalue weighted by molar-refractivity contribution is 7.89. The molecule has 0 saturated heterocycles. The van der Waals surface area contributed by atoms with Crippen LogP contribution in [-0.2, 0) is 23.0 Å². The lowest BCUT2D eigenvalue weighted by Gasteiger charge is -2.38. The first-order chi connectivity index (χ1) is 14.4. The molecule has 0 unspecified atom stereocenters. The van der Waals surface area contributed by atoms with E-state index in [-0.39, 0.29) is 4.90 Å². The standard InChI is InChI=1S/C23H22N4O2S/c24-23-14-16-6-1-2-7-17(16)15-27(23)26-13-12-19-18(9-5-10-21(19)26)20-8-3-4-11-22(20)30(25,28)29/h1-11,14H,12-13,15,24H2,(H2,25,28,29).